The van der Waals surface area contributed by atoms with Gasteiger partial charge in [0.15, 0.2) is 0 Å². The molecule has 0 aliphatic carbocycles. The van der Waals surface area contributed by atoms with E-state index in [9.17, 15) is 10.1 Å². The lowest BCUT2D eigenvalue weighted by Crippen LogP contribution is -2.48. The predicted octanol–water partition coefficient (Wildman–Crippen LogP) is 5.79. The van der Waals surface area contributed by atoms with Crippen molar-refractivity contribution < 1.29 is 4.79 Å². The molecular weight excluding hydrogens is 418 g/mol. The normalized spacial score (nSPS) is 14.9. The second-order valence-corrected chi connectivity index (χ2v) is 9.02. The molecule has 3 aromatic rings. The Kier molecular flexibility index (Phi) is 7.77. The third-order valence-corrected chi connectivity index (χ3v) is 7.05. The molecule has 1 fully saturated rings. The summed E-state index contributed by atoms with van der Waals surface area (Å²) in [5, 5.41) is 10.4. The number of likely N-dealkylation sites (tertiary alicyclic amines) is 1. The van der Waals surface area contributed by atoms with Crippen LogP contribution in [0.15, 0.2) is 91.0 Å². The lowest BCUT2D eigenvalue weighted by molar-refractivity contribution is -0.119. The number of carbonyl (C=O) groups is 1. The Morgan fingerprint density at radius 1 is 0.912 bits per heavy atom. The minimum absolute atomic E-state index is 0.182. The number of hydrogen-bond donors (Lipinski definition) is 0. The van der Waals surface area contributed by atoms with E-state index in [-0.39, 0.29) is 11.9 Å². The molecule has 4 heteroatoms. The van der Waals surface area contributed by atoms with Crippen molar-refractivity contribution in [3.8, 4) is 6.07 Å². The molecule has 1 amide bonds. The molecule has 0 radical (unpaired) electrons. The average Bonchev–Trinajstić information content (AvgIpc) is 2.92. The van der Waals surface area contributed by atoms with Crippen molar-refractivity contribution in [2.75, 3.05) is 24.5 Å². The second-order valence-electron chi connectivity index (χ2n) is 9.02. The van der Waals surface area contributed by atoms with E-state index in [2.05, 4.69) is 35.2 Å². The molecule has 0 spiro atoms. The minimum atomic E-state index is -0.673. The zero-order valence-electron chi connectivity index (χ0n) is 19.9. The highest BCUT2D eigenvalue weighted by molar-refractivity contribution is 5.93. The molecule has 1 aliphatic heterocycles. The van der Waals surface area contributed by atoms with Gasteiger partial charge in [-0.2, -0.15) is 5.26 Å². The fourth-order valence-electron chi connectivity index (χ4n) is 5.13. The quantitative estimate of drug-likeness (QED) is 0.435. The number of nitrogens with zero attached hydrogens (tertiary/aromatic N) is 3. The van der Waals surface area contributed by atoms with Gasteiger partial charge in [-0.05, 0) is 42.5 Å². The summed E-state index contributed by atoms with van der Waals surface area (Å²) in [6, 6.07) is 33.2. The number of piperidine rings is 1. The first kappa shape index (κ1) is 23.7. The van der Waals surface area contributed by atoms with Gasteiger partial charge in [-0.25, -0.2) is 0 Å². The Balaban J connectivity index is 1.47. The molecule has 0 N–H and O–H groups in total. The van der Waals surface area contributed by atoms with Crippen LogP contribution in [0.25, 0.3) is 0 Å². The van der Waals surface area contributed by atoms with E-state index >= 15 is 0 Å². The molecule has 4 nitrogen and oxygen atoms in total. The standard InChI is InChI=1S/C30H33N3O/c1-2-29(34)33(27-16-10-5-11-17-27)28-18-21-32(22-19-28)23-20-30(24-31,25-12-6-3-7-13-25)26-14-8-4-9-15-26/h3-17,28H,2,18-23H2,1H3. The highest BCUT2D eigenvalue weighted by atomic mass is 16.2. The first-order valence-corrected chi connectivity index (χ1v) is 12.3. The maximum atomic E-state index is 12.8. The first-order chi connectivity index (χ1) is 16.7. The second kappa shape index (κ2) is 11.1. The maximum Gasteiger partial charge on any atom is 0.226 e. The number of nitriles is 1. The van der Waals surface area contributed by atoms with Crippen LogP contribution < -0.4 is 4.90 Å². The number of carbonyl (C=O) groups excluding carboxylic acids is 1. The first-order valence-electron chi connectivity index (χ1n) is 12.3. The maximum absolute atomic E-state index is 12.8. The molecule has 0 atom stereocenters. The van der Waals surface area contributed by atoms with Gasteiger partial charge in [0.1, 0.15) is 5.41 Å². The molecule has 4 rings (SSSR count). The van der Waals surface area contributed by atoms with Gasteiger partial charge >= 0.3 is 0 Å². The summed E-state index contributed by atoms with van der Waals surface area (Å²) >= 11 is 0. The summed E-state index contributed by atoms with van der Waals surface area (Å²) in [5.41, 5.74) is 2.40. The van der Waals surface area contributed by atoms with Gasteiger partial charge in [-0.15, -0.1) is 0 Å². The van der Waals surface area contributed by atoms with Gasteiger partial charge in [-0.1, -0.05) is 85.8 Å². The zero-order valence-corrected chi connectivity index (χ0v) is 19.9. The predicted molar refractivity (Wildman–Crippen MR) is 138 cm³/mol. The molecule has 3 aromatic carbocycles. The lowest BCUT2D eigenvalue weighted by atomic mass is 9.73. The highest BCUT2D eigenvalue weighted by Crippen LogP contribution is 2.36. The molecule has 34 heavy (non-hydrogen) atoms. The smallest absolute Gasteiger partial charge is 0.226 e. The van der Waals surface area contributed by atoms with E-state index in [0.29, 0.717) is 6.42 Å². The van der Waals surface area contributed by atoms with Crippen molar-refractivity contribution in [2.24, 2.45) is 0 Å². The fourth-order valence-corrected chi connectivity index (χ4v) is 5.13. The number of para-hydroxylation sites is 1. The monoisotopic (exact) mass is 451 g/mol. The van der Waals surface area contributed by atoms with Gasteiger partial charge in [0, 0.05) is 37.8 Å². The summed E-state index contributed by atoms with van der Waals surface area (Å²) in [6.07, 6.45) is 3.13. The topological polar surface area (TPSA) is 47.3 Å². The van der Waals surface area contributed by atoms with Crippen LogP contribution in [0.3, 0.4) is 0 Å². The molecule has 174 valence electrons. The summed E-state index contributed by atoms with van der Waals surface area (Å²) in [7, 11) is 0. The van der Waals surface area contributed by atoms with Crippen molar-refractivity contribution in [3.05, 3.63) is 102 Å². The summed E-state index contributed by atoms with van der Waals surface area (Å²) in [4.78, 5) is 17.2. The van der Waals surface area contributed by atoms with Crippen LogP contribution >= 0.6 is 0 Å². The molecular formula is C30H33N3O. The number of anilines is 1. The van der Waals surface area contributed by atoms with Crippen LogP contribution in [0.5, 0.6) is 0 Å². The summed E-state index contributed by atoms with van der Waals surface area (Å²) in [5.74, 6) is 0.182. The van der Waals surface area contributed by atoms with Gasteiger partial charge < -0.3 is 9.80 Å². The van der Waals surface area contributed by atoms with Crippen LogP contribution in [0.4, 0.5) is 5.69 Å². The van der Waals surface area contributed by atoms with Crippen molar-refractivity contribution in [2.45, 2.75) is 44.1 Å². The zero-order chi connectivity index (χ0) is 23.8. The third-order valence-electron chi connectivity index (χ3n) is 7.05. The molecule has 0 unspecified atom stereocenters. The van der Waals surface area contributed by atoms with E-state index in [1.54, 1.807) is 0 Å². The van der Waals surface area contributed by atoms with Crippen molar-refractivity contribution in [1.29, 1.82) is 5.26 Å². The van der Waals surface area contributed by atoms with Crippen LogP contribution in [-0.2, 0) is 10.2 Å². The molecule has 0 saturated carbocycles. The minimum Gasteiger partial charge on any atom is -0.309 e. The van der Waals surface area contributed by atoms with E-state index in [4.69, 9.17) is 0 Å². The Hall–Kier alpha value is -3.42. The van der Waals surface area contributed by atoms with Gasteiger partial charge in [0.25, 0.3) is 0 Å². The number of amides is 1. The van der Waals surface area contributed by atoms with Crippen molar-refractivity contribution >= 4 is 11.6 Å². The molecule has 0 bridgehead atoms. The van der Waals surface area contributed by atoms with E-state index < -0.39 is 5.41 Å². The third kappa shape index (κ3) is 5.05. The highest BCUT2D eigenvalue weighted by Gasteiger charge is 2.36. The molecule has 1 heterocycles. The fraction of sp³-hybridized carbons (Fsp3) is 0.333. The Morgan fingerprint density at radius 3 is 1.88 bits per heavy atom. The van der Waals surface area contributed by atoms with Crippen LogP contribution in [0.1, 0.15) is 43.7 Å². The van der Waals surface area contributed by atoms with Gasteiger partial charge in [0.05, 0.1) is 6.07 Å². The van der Waals surface area contributed by atoms with Crippen LogP contribution in [-0.4, -0.2) is 36.5 Å². The lowest BCUT2D eigenvalue weighted by Gasteiger charge is -2.39. The summed E-state index contributed by atoms with van der Waals surface area (Å²) in [6.45, 7) is 4.63. The van der Waals surface area contributed by atoms with E-state index in [1.165, 1.54) is 0 Å². The van der Waals surface area contributed by atoms with Gasteiger partial charge in [0.2, 0.25) is 5.91 Å². The SMILES string of the molecule is CCC(=O)N(c1ccccc1)C1CCN(CCC(C#N)(c2ccccc2)c2ccccc2)CC1. The molecule has 0 aromatic heterocycles. The van der Waals surface area contributed by atoms with Crippen molar-refractivity contribution in [1.82, 2.24) is 4.90 Å². The largest absolute Gasteiger partial charge is 0.309 e. The van der Waals surface area contributed by atoms with Crippen LogP contribution in [0.2, 0.25) is 0 Å². The van der Waals surface area contributed by atoms with E-state index in [0.717, 1.165) is 55.7 Å². The number of benzene rings is 3. The molecule has 1 aliphatic rings. The number of hydrogen-bond acceptors (Lipinski definition) is 3. The van der Waals surface area contributed by atoms with Gasteiger partial charge in [-0.3, -0.25) is 4.79 Å². The van der Waals surface area contributed by atoms with Crippen molar-refractivity contribution in [3.63, 3.8) is 0 Å². The summed E-state index contributed by atoms with van der Waals surface area (Å²) < 4.78 is 0. The molecule has 1 saturated heterocycles. The van der Waals surface area contributed by atoms with Crippen LogP contribution in [0, 0.1) is 11.3 Å². The number of rotatable bonds is 8. The Labute approximate surface area is 203 Å². The Bertz CT molecular complexity index is 1040. The Morgan fingerprint density at radius 2 is 1.41 bits per heavy atom. The average molecular weight is 452 g/mol. The van der Waals surface area contributed by atoms with E-state index in [1.807, 2.05) is 78.6 Å².